The summed E-state index contributed by atoms with van der Waals surface area (Å²) in [5, 5.41) is 3.78. The molecule has 0 unspecified atom stereocenters. The molecule has 3 N–H and O–H groups in total. The summed E-state index contributed by atoms with van der Waals surface area (Å²) in [5.41, 5.74) is 9.54. The van der Waals surface area contributed by atoms with Crippen LogP contribution in [-0.2, 0) is 0 Å². The summed E-state index contributed by atoms with van der Waals surface area (Å²) in [5.74, 6) is 0. The summed E-state index contributed by atoms with van der Waals surface area (Å²) in [6, 6.07) is 9.48. The van der Waals surface area contributed by atoms with Gasteiger partial charge in [0, 0.05) is 15.2 Å². The number of rotatable bonds is 2. The van der Waals surface area contributed by atoms with E-state index in [0.717, 1.165) is 15.7 Å². The van der Waals surface area contributed by atoms with E-state index in [0.29, 0.717) is 27.8 Å². The number of hydrogen-bond donors (Lipinski definition) is 2. The highest BCUT2D eigenvalue weighted by molar-refractivity contribution is 9.10. The molecule has 102 valence electrons. The maximum atomic E-state index is 6.12. The number of oxazole rings is 1. The Morgan fingerprint density at radius 3 is 2.90 bits per heavy atom. The van der Waals surface area contributed by atoms with Gasteiger partial charge in [0.25, 0.3) is 6.01 Å². The van der Waals surface area contributed by atoms with Crippen molar-refractivity contribution in [3.63, 3.8) is 0 Å². The number of anilines is 3. The van der Waals surface area contributed by atoms with Gasteiger partial charge in [-0.05, 0) is 58.7 Å². The predicted molar refractivity (Wildman–Crippen MR) is 85.6 cm³/mol. The zero-order chi connectivity index (χ0) is 14.3. The van der Waals surface area contributed by atoms with Crippen molar-refractivity contribution in [3.8, 4) is 0 Å². The average Bonchev–Trinajstić information content (AvgIpc) is 2.77. The molecule has 0 fully saturated rings. The van der Waals surface area contributed by atoms with Crippen LogP contribution in [0.5, 0.6) is 0 Å². The first kappa shape index (κ1) is 13.3. The van der Waals surface area contributed by atoms with Crippen LogP contribution in [0, 0.1) is 6.92 Å². The quantitative estimate of drug-likeness (QED) is 0.645. The Bertz CT molecular complexity index is 800. The van der Waals surface area contributed by atoms with Gasteiger partial charge < -0.3 is 15.5 Å². The summed E-state index contributed by atoms with van der Waals surface area (Å²) in [6.07, 6.45) is 0. The number of fused-ring (bicyclic) bond motifs is 1. The van der Waals surface area contributed by atoms with E-state index >= 15 is 0 Å². The number of nitrogens with zero attached hydrogens (tertiary/aromatic N) is 1. The number of aromatic nitrogens is 1. The van der Waals surface area contributed by atoms with Crippen LogP contribution in [-0.4, -0.2) is 4.98 Å². The van der Waals surface area contributed by atoms with E-state index in [1.165, 1.54) is 0 Å². The van der Waals surface area contributed by atoms with Gasteiger partial charge in [-0.2, -0.15) is 4.98 Å². The van der Waals surface area contributed by atoms with E-state index in [1.54, 1.807) is 18.2 Å². The van der Waals surface area contributed by atoms with Crippen molar-refractivity contribution in [2.75, 3.05) is 11.1 Å². The second-order valence-electron chi connectivity index (χ2n) is 4.45. The van der Waals surface area contributed by atoms with Gasteiger partial charge in [0.15, 0.2) is 5.58 Å². The first-order valence-corrected chi connectivity index (χ1v) is 7.09. The van der Waals surface area contributed by atoms with E-state index in [-0.39, 0.29) is 0 Å². The fourth-order valence-electron chi connectivity index (χ4n) is 1.86. The van der Waals surface area contributed by atoms with Crippen LogP contribution in [0.2, 0.25) is 5.02 Å². The van der Waals surface area contributed by atoms with Crippen molar-refractivity contribution >= 4 is 56.0 Å². The fourth-order valence-corrected chi connectivity index (χ4v) is 2.58. The lowest BCUT2D eigenvalue weighted by Crippen LogP contribution is -1.92. The second-order valence-corrected chi connectivity index (χ2v) is 5.71. The highest BCUT2D eigenvalue weighted by Crippen LogP contribution is 2.32. The normalized spacial score (nSPS) is 10.9. The zero-order valence-electron chi connectivity index (χ0n) is 10.6. The number of aryl methyl sites for hydroxylation is 1. The molecule has 0 spiro atoms. The molecule has 6 heteroatoms. The molecule has 0 saturated heterocycles. The third-order valence-electron chi connectivity index (χ3n) is 2.90. The van der Waals surface area contributed by atoms with E-state index < -0.39 is 0 Å². The third-order valence-corrected chi connectivity index (χ3v) is 3.96. The molecule has 0 bridgehead atoms. The average molecular weight is 353 g/mol. The Labute approximate surface area is 129 Å². The van der Waals surface area contributed by atoms with Crippen molar-refractivity contribution in [3.05, 3.63) is 45.4 Å². The molecule has 1 heterocycles. The van der Waals surface area contributed by atoms with Crippen molar-refractivity contribution in [2.24, 2.45) is 0 Å². The largest absolute Gasteiger partial charge is 0.423 e. The Morgan fingerprint density at radius 2 is 2.10 bits per heavy atom. The summed E-state index contributed by atoms with van der Waals surface area (Å²) in [7, 11) is 0. The van der Waals surface area contributed by atoms with Crippen LogP contribution in [0.4, 0.5) is 17.4 Å². The van der Waals surface area contributed by atoms with Gasteiger partial charge in [-0.1, -0.05) is 11.6 Å². The number of nitrogen functional groups attached to an aromatic ring is 1. The lowest BCUT2D eigenvalue weighted by atomic mass is 10.2. The summed E-state index contributed by atoms with van der Waals surface area (Å²) in [4.78, 5) is 4.34. The molecule has 0 amide bonds. The molecule has 0 saturated carbocycles. The van der Waals surface area contributed by atoms with Gasteiger partial charge in [-0.25, -0.2) is 0 Å². The molecule has 3 rings (SSSR count). The zero-order valence-corrected chi connectivity index (χ0v) is 12.9. The standard InChI is InChI=1S/C14H11BrClN3O/c1-7-4-9(15)11(6-10(7)16)18-14-19-12-5-8(17)2-3-13(12)20-14/h2-6H,17H2,1H3,(H,18,19). The summed E-state index contributed by atoms with van der Waals surface area (Å²) < 4.78 is 6.50. The van der Waals surface area contributed by atoms with Crippen molar-refractivity contribution in [1.82, 2.24) is 4.98 Å². The third kappa shape index (κ3) is 2.46. The first-order valence-electron chi connectivity index (χ1n) is 5.91. The molecule has 0 aliphatic carbocycles. The number of halogens is 2. The molecular formula is C14H11BrClN3O. The van der Waals surface area contributed by atoms with E-state index in [9.17, 15) is 0 Å². The van der Waals surface area contributed by atoms with Crippen LogP contribution in [0.1, 0.15) is 5.56 Å². The molecule has 1 aromatic heterocycles. The molecule has 0 aliphatic heterocycles. The van der Waals surface area contributed by atoms with Crippen LogP contribution >= 0.6 is 27.5 Å². The van der Waals surface area contributed by atoms with Gasteiger partial charge in [0.05, 0.1) is 5.69 Å². The number of benzene rings is 2. The Hall–Kier alpha value is -1.72. The minimum atomic E-state index is 0.395. The van der Waals surface area contributed by atoms with Gasteiger partial charge in [0.1, 0.15) is 5.52 Å². The predicted octanol–water partition coefficient (Wildman–Crippen LogP) is 4.88. The molecule has 3 aromatic rings. The minimum Gasteiger partial charge on any atom is -0.423 e. The Morgan fingerprint density at radius 1 is 1.30 bits per heavy atom. The Balaban J connectivity index is 1.99. The SMILES string of the molecule is Cc1cc(Br)c(Nc2nc3cc(N)ccc3o2)cc1Cl. The van der Waals surface area contributed by atoms with E-state index in [4.69, 9.17) is 21.8 Å². The second kappa shape index (κ2) is 5.00. The van der Waals surface area contributed by atoms with E-state index in [2.05, 4.69) is 26.2 Å². The molecular weight excluding hydrogens is 342 g/mol. The molecule has 0 radical (unpaired) electrons. The summed E-state index contributed by atoms with van der Waals surface area (Å²) >= 11 is 9.61. The first-order chi connectivity index (χ1) is 9.52. The van der Waals surface area contributed by atoms with Crippen molar-refractivity contribution < 1.29 is 4.42 Å². The lowest BCUT2D eigenvalue weighted by molar-refractivity contribution is 0.623. The molecule has 4 nitrogen and oxygen atoms in total. The molecule has 0 atom stereocenters. The maximum Gasteiger partial charge on any atom is 0.300 e. The molecule has 2 aromatic carbocycles. The van der Waals surface area contributed by atoms with Crippen LogP contribution in [0.3, 0.4) is 0 Å². The van der Waals surface area contributed by atoms with Crippen molar-refractivity contribution in [2.45, 2.75) is 6.92 Å². The highest BCUT2D eigenvalue weighted by atomic mass is 79.9. The lowest BCUT2D eigenvalue weighted by Gasteiger charge is -2.07. The minimum absolute atomic E-state index is 0.395. The van der Waals surface area contributed by atoms with Crippen LogP contribution < -0.4 is 11.1 Å². The number of nitrogens with one attached hydrogen (secondary N) is 1. The fraction of sp³-hybridized carbons (Fsp3) is 0.0714. The summed E-state index contributed by atoms with van der Waals surface area (Å²) in [6.45, 7) is 1.94. The van der Waals surface area contributed by atoms with E-state index in [1.807, 2.05) is 19.1 Å². The monoisotopic (exact) mass is 351 g/mol. The van der Waals surface area contributed by atoms with Crippen LogP contribution in [0.25, 0.3) is 11.1 Å². The number of hydrogen-bond acceptors (Lipinski definition) is 4. The van der Waals surface area contributed by atoms with Gasteiger partial charge >= 0.3 is 0 Å². The van der Waals surface area contributed by atoms with Gasteiger partial charge in [-0.3, -0.25) is 0 Å². The highest BCUT2D eigenvalue weighted by Gasteiger charge is 2.09. The molecule has 20 heavy (non-hydrogen) atoms. The smallest absolute Gasteiger partial charge is 0.300 e. The van der Waals surface area contributed by atoms with Crippen molar-refractivity contribution in [1.29, 1.82) is 0 Å². The number of nitrogens with two attached hydrogens (primary N) is 1. The van der Waals surface area contributed by atoms with Gasteiger partial charge in [-0.15, -0.1) is 0 Å². The Kier molecular flexibility index (Phi) is 3.31. The topological polar surface area (TPSA) is 64.1 Å². The molecule has 0 aliphatic rings. The maximum absolute atomic E-state index is 6.12. The van der Waals surface area contributed by atoms with Crippen LogP contribution in [0.15, 0.2) is 39.2 Å². The van der Waals surface area contributed by atoms with Gasteiger partial charge in [0.2, 0.25) is 0 Å².